The Bertz CT molecular complexity index is 392. The van der Waals surface area contributed by atoms with Gasteiger partial charge in [0.2, 0.25) is 0 Å². The van der Waals surface area contributed by atoms with Crippen molar-refractivity contribution < 1.29 is 19.3 Å². The van der Waals surface area contributed by atoms with Crippen molar-refractivity contribution in [3.05, 3.63) is 23.8 Å². The predicted molar refractivity (Wildman–Crippen MR) is 79.4 cm³/mol. The average molecular weight is 282 g/mol. The van der Waals surface area contributed by atoms with Crippen molar-refractivity contribution in [2.45, 2.75) is 46.3 Å². The molecule has 2 unspecified atom stereocenters. The topological polar surface area (TPSA) is 47.9 Å². The molecule has 0 amide bonds. The number of rotatable bonds is 9. The van der Waals surface area contributed by atoms with Crippen LogP contribution in [0.1, 0.15) is 45.8 Å². The fraction of sp³-hybridized carbons (Fsp3) is 0.625. The van der Waals surface area contributed by atoms with Gasteiger partial charge in [0.1, 0.15) is 6.10 Å². The Balaban J connectivity index is 2.97. The zero-order chi connectivity index (χ0) is 15.0. The first kappa shape index (κ1) is 16.8. The van der Waals surface area contributed by atoms with E-state index in [2.05, 4.69) is 0 Å². The van der Waals surface area contributed by atoms with Crippen LogP contribution in [-0.2, 0) is 4.74 Å². The maximum absolute atomic E-state index is 10.4. The lowest BCUT2D eigenvalue weighted by molar-refractivity contribution is -0.0356. The summed E-state index contributed by atoms with van der Waals surface area (Å²) in [5.41, 5.74) is 0.789. The van der Waals surface area contributed by atoms with Gasteiger partial charge in [-0.25, -0.2) is 0 Å². The Hall–Kier alpha value is -1.26. The smallest absolute Gasteiger partial charge is 0.161 e. The quantitative estimate of drug-likeness (QED) is 0.754. The number of ether oxygens (including phenoxy) is 3. The first-order valence-corrected chi connectivity index (χ1v) is 7.36. The van der Waals surface area contributed by atoms with Crippen LogP contribution in [0.15, 0.2) is 18.2 Å². The highest BCUT2D eigenvalue weighted by Crippen LogP contribution is 2.32. The highest BCUT2D eigenvalue weighted by molar-refractivity contribution is 5.43. The van der Waals surface area contributed by atoms with Gasteiger partial charge in [-0.2, -0.15) is 0 Å². The monoisotopic (exact) mass is 282 g/mol. The molecule has 0 aliphatic heterocycles. The Morgan fingerprint density at radius 2 is 1.60 bits per heavy atom. The summed E-state index contributed by atoms with van der Waals surface area (Å²) in [7, 11) is 0. The summed E-state index contributed by atoms with van der Waals surface area (Å²) in [5, 5.41) is 10.4. The summed E-state index contributed by atoms with van der Waals surface area (Å²) in [6.07, 6.45) is -0.103. The third-order valence-corrected chi connectivity index (χ3v) is 3.04. The third kappa shape index (κ3) is 4.39. The van der Waals surface area contributed by atoms with Crippen LogP contribution in [-0.4, -0.2) is 31.0 Å². The van der Waals surface area contributed by atoms with Gasteiger partial charge in [0, 0.05) is 6.61 Å². The van der Waals surface area contributed by atoms with E-state index in [1.807, 2.05) is 45.9 Å². The van der Waals surface area contributed by atoms with Crippen molar-refractivity contribution in [3.63, 3.8) is 0 Å². The number of aliphatic hydroxyl groups is 1. The second-order valence-corrected chi connectivity index (χ2v) is 4.42. The van der Waals surface area contributed by atoms with Gasteiger partial charge in [0.05, 0.1) is 19.3 Å². The molecule has 4 heteroatoms. The van der Waals surface area contributed by atoms with E-state index in [0.717, 1.165) is 12.0 Å². The zero-order valence-corrected chi connectivity index (χ0v) is 12.9. The van der Waals surface area contributed by atoms with Crippen LogP contribution in [0.4, 0.5) is 0 Å². The fourth-order valence-electron chi connectivity index (χ4n) is 2.11. The van der Waals surface area contributed by atoms with Crippen LogP contribution in [0.2, 0.25) is 0 Å². The van der Waals surface area contributed by atoms with Crippen LogP contribution in [0.3, 0.4) is 0 Å². The second-order valence-electron chi connectivity index (χ2n) is 4.42. The van der Waals surface area contributed by atoms with Crippen LogP contribution in [0.5, 0.6) is 11.5 Å². The Labute approximate surface area is 121 Å². The van der Waals surface area contributed by atoms with Gasteiger partial charge in [0.25, 0.3) is 0 Å². The van der Waals surface area contributed by atoms with E-state index in [0.29, 0.717) is 31.3 Å². The Morgan fingerprint density at radius 1 is 0.950 bits per heavy atom. The molecule has 0 aliphatic rings. The van der Waals surface area contributed by atoms with Gasteiger partial charge in [-0.15, -0.1) is 0 Å². The molecule has 1 N–H and O–H groups in total. The molecular weight excluding hydrogens is 256 g/mol. The minimum Gasteiger partial charge on any atom is -0.490 e. The molecule has 0 spiro atoms. The maximum Gasteiger partial charge on any atom is 0.161 e. The molecule has 0 aromatic heterocycles. The fourth-order valence-corrected chi connectivity index (χ4v) is 2.11. The van der Waals surface area contributed by atoms with Crippen molar-refractivity contribution in [1.82, 2.24) is 0 Å². The summed E-state index contributed by atoms with van der Waals surface area (Å²) in [5.74, 6) is 1.37. The Kier molecular flexibility index (Phi) is 7.41. The molecule has 20 heavy (non-hydrogen) atoms. The molecule has 0 aliphatic carbocycles. The molecule has 0 saturated heterocycles. The molecule has 0 bridgehead atoms. The lowest BCUT2D eigenvalue weighted by Crippen LogP contribution is -2.21. The van der Waals surface area contributed by atoms with E-state index in [9.17, 15) is 5.11 Å². The number of hydrogen-bond acceptors (Lipinski definition) is 4. The normalized spacial score (nSPS) is 13.8. The Morgan fingerprint density at radius 3 is 2.15 bits per heavy atom. The molecule has 2 atom stereocenters. The standard InChI is InChI=1S/C16H26O4/c1-5-13(18-6-2)16(17)12-9-10-14(19-7-3)15(11-12)20-8-4/h9-11,13,16-17H,5-8H2,1-4H3. The van der Waals surface area contributed by atoms with E-state index in [1.54, 1.807) is 0 Å². The van der Waals surface area contributed by atoms with Crippen molar-refractivity contribution in [2.24, 2.45) is 0 Å². The summed E-state index contributed by atoms with van der Waals surface area (Å²) >= 11 is 0. The van der Waals surface area contributed by atoms with Gasteiger partial charge >= 0.3 is 0 Å². The first-order chi connectivity index (χ1) is 9.67. The van der Waals surface area contributed by atoms with E-state index in [1.165, 1.54) is 0 Å². The van der Waals surface area contributed by atoms with Crippen molar-refractivity contribution in [2.75, 3.05) is 19.8 Å². The van der Waals surface area contributed by atoms with Crippen LogP contribution in [0, 0.1) is 0 Å². The molecule has 0 heterocycles. The molecule has 0 radical (unpaired) electrons. The highest BCUT2D eigenvalue weighted by atomic mass is 16.5. The zero-order valence-electron chi connectivity index (χ0n) is 12.9. The van der Waals surface area contributed by atoms with Gasteiger partial charge in [-0.1, -0.05) is 13.0 Å². The summed E-state index contributed by atoms with van der Waals surface area (Å²) in [6.45, 7) is 9.51. The lowest BCUT2D eigenvalue weighted by atomic mass is 10.0. The summed E-state index contributed by atoms with van der Waals surface area (Å²) in [4.78, 5) is 0. The number of aliphatic hydroxyl groups excluding tert-OH is 1. The van der Waals surface area contributed by atoms with E-state index >= 15 is 0 Å². The van der Waals surface area contributed by atoms with E-state index < -0.39 is 6.10 Å². The van der Waals surface area contributed by atoms with E-state index in [4.69, 9.17) is 14.2 Å². The molecule has 114 valence electrons. The molecule has 1 aromatic rings. The molecule has 4 nitrogen and oxygen atoms in total. The molecule has 1 aromatic carbocycles. The van der Waals surface area contributed by atoms with Crippen molar-refractivity contribution >= 4 is 0 Å². The maximum atomic E-state index is 10.4. The lowest BCUT2D eigenvalue weighted by Gasteiger charge is -2.23. The van der Waals surface area contributed by atoms with Gasteiger partial charge in [-0.3, -0.25) is 0 Å². The molecule has 1 rings (SSSR count). The average Bonchev–Trinajstić information content (AvgIpc) is 2.46. The summed E-state index contributed by atoms with van der Waals surface area (Å²) < 4.78 is 16.7. The van der Waals surface area contributed by atoms with Crippen molar-refractivity contribution in [1.29, 1.82) is 0 Å². The molecule has 0 saturated carbocycles. The van der Waals surface area contributed by atoms with Crippen LogP contribution in [0.25, 0.3) is 0 Å². The predicted octanol–water partition coefficient (Wildman–Crippen LogP) is 3.33. The van der Waals surface area contributed by atoms with Crippen LogP contribution < -0.4 is 9.47 Å². The minimum absolute atomic E-state index is 0.201. The number of benzene rings is 1. The second kappa shape index (κ2) is 8.82. The minimum atomic E-state index is -0.658. The van der Waals surface area contributed by atoms with Gasteiger partial charge < -0.3 is 19.3 Å². The number of hydrogen-bond donors (Lipinski definition) is 1. The first-order valence-electron chi connectivity index (χ1n) is 7.36. The summed E-state index contributed by atoms with van der Waals surface area (Å²) in [6, 6.07) is 5.53. The SMILES string of the molecule is CCOc1ccc(C(O)C(CC)OCC)cc1OCC. The van der Waals surface area contributed by atoms with Crippen LogP contribution >= 0.6 is 0 Å². The highest BCUT2D eigenvalue weighted by Gasteiger charge is 2.21. The van der Waals surface area contributed by atoms with Crippen molar-refractivity contribution in [3.8, 4) is 11.5 Å². The van der Waals surface area contributed by atoms with Gasteiger partial charge in [-0.05, 0) is 44.9 Å². The van der Waals surface area contributed by atoms with E-state index in [-0.39, 0.29) is 6.10 Å². The van der Waals surface area contributed by atoms with Gasteiger partial charge in [0.15, 0.2) is 11.5 Å². The largest absolute Gasteiger partial charge is 0.490 e. The molecular formula is C16H26O4. The molecule has 0 fully saturated rings. The third-order valence-electron chi connectivity index (χ3n) is 3.04.